The number of rotatable bonds is 4. The fourth-order valence-corrected chi connectivity index (χ4v) is 2.26. The van der Waals surface area contributed by atoms with Crippen LogP contribution in [-0.2, 0) is 17.3 Å². The molecule has 1 aliphatic rings. The Bertz CT molecular complexity index is 441. The number of benzene rings is 1. The van der Waals surface area contributed by atoms with Crippen LogP contribution in [0.5, 0.6) is 0 Å². The van der Waals surface area contributed by atoms with E-state index in [-0.39, 0.29) is 5.56 Å². The Morgan fingerprint density at radius 2 is 1.85 bits per heavy atom. The smallest absolute Gasteiger partial charge is 0.379 e. The third kappa shape index (κ3) is 4.18. The summed E-state index contributed by atoms with van der Waals surface area (Å²) in [5.41, 5.74) is -0.659. The summed E-state index contributed by atoms with van der Waals surface area (Å²) >= 11 is 0. The van der Waals surface area contributed by atoms with E-state index < -0.39 is 17.6 Å². The van der Waals surface area contributed by atoms with Crippen molar-refractivity contribution in [3.63, 3.8) is 0 Å². The molecular weight excluding hydrogens is 274 g/mol. The van der Waals surface area contributed by atoms with Crippen molar-refractivity contribution in [2.75, 3.05) is 32.8 Å². The molecule has 0 N–H and O–H groups in total. The van der Waals surface area contributed by atoms with E-state index in [2.05, 4.69) is 4.90 Å². The maximum Gasteiger partial charge on any atom is 0.416 e. The van der Waals surface area contributed by atoms with Gasteiger partial charge in [0, 0.05) is 13.1 Å². The van der Waals surface area contributed by atoms with Crippen LogP contribution < -0.4 is 0 Å². The molecule has 0 aromatic heterocycles. The lowest BCUT2D eigenvalue weighted by molar-refractivity contribution is -0.137. The summed E-state index contributed by atoms with van der Waals surface area (Å²) in [6.45, 7) is 3.75. The largest absolute Gasteiger partial charge is 0.416 e. The zero-order valence-electron chi connectivity index (χ0n) is 11.0. The summed E-state index contributed by atoms with van der Waals surface area (Å²) in [7, 11) is 0. The van der Waals surface area contributed by atoms with E-state index in [0.717, 1.165) is 37.8 Å². The minimum absolute atomic E-state index is 0.132. The maximum atomic E-state index is 13.5. The molecule has 1 aromatic carbocycles. The van der Waals surface area contributed by atoms with Crippen LogP contribution in [0.15, 0.2) is 18.2 Å². The first-order chi connectivity index (χ1) is 9.47. The Morgan fingerprint density at radius 3 is 2.50 bits per heavy atom. The van der Waals surface area contributed by atoms with E-state index in [9.17, 15) is 17.6 Å². The molecule has 0 bridgehead atoms. The molecule has 0 aliphatic carbocycles. The molecular formula is C14H17F4NO. The number of hydrogen-bond acceptors (Lipinski definition) is 2. The molecule has 112 valence electrons. The van der Waals surface area contributed by atoms with Crippen molar-refractivity contribution in [1.29, 1.82) is 0 Å². The zero-order chi connectivity index (χ0) is 14.6. The van der Waals surface area contributed by atoms with Crippen LogP contribution in [0.2, 0.25) is 0 Å². The zero-order valence-corrected chi connectivity index (χ0v) is 11.0. The molecule has 0 unspecified atom stereocenters. The van der Waals surface area contributed by atoms with Gasteiger partial charge >= 0.3 is 6.18 Å². The first kappa shape index (κ1) is 15.3. The van der Waals surface area contributed by atoms with Gasteiger partial charge in [-0.3, -0.25) is 4.90 Å². The highest BCUT2D eigenvalue weighted by Crippen LogP contribution is 2.30. The van der Waals surface area contributed by atoms with Gasteiger partial charge in [0.05, 0.1) is 18.8 Å². The standard InChI is InChI=1S/C14H17F4NO/c15-13-4-3-12(14(16,17)18)10-11(13)2-1-5-19-6-8-20-9-7-19/h3-4,10H,1-2,5-9H2. The third-order valence-corrected chi connectivity index (χ3v) is 3.40. The fourth-order valence-electron chi connectivity index (χ4n) is 2.26. The maximum absolute atomic E-state index is 13.5. The Balaban J connectivity index is 1.91. The number of halogens is 4. The van der Waals surface area contributed by atoms with Crippen molar-refractivity contribution >= 4 is 0 Å². The summed E-state index contributed by atoms with van der Waals surface area (Å²) in [6, 6.07) is 2.59. The third-order valence-electron chi connectivity index (χ3n) is 3.40. The number of aryl methyl sites for hydroxylation is 1. The van der Waals surface area contributed by atoms with Crippen molar-refractivity contribution in [3.05, 3.63) is 35.1 Å². The number of morpholine rings is 1. The van der Waals surface area contributed by atoms with Crippen molar-refractivity contribution in [3.8, 4) is 0 Å². The predicted octanol–water partition coefficient (Wildman–Crippen LogP) is 3.11. The molecule has 2 rings (SSSR count). The average Bonchev–Trinajstić information content (AvgIpc) is 2.41. The lowest BCUT2D eigenvalue weighted by Gasteiger charge is -2.26. The van der Waals surface area contributed by atoms with E-state index >= 15 is 0 Å². The van der Waals surface area contributed by atoms with Gasteiger partial charge in [-0.25, -0.2) is 4.39 Å². The predicted molar refractivity (Wildman–Crippen MR) is 67.0 cm³/mol. The summed E-state index contributed by atoms with van der Waals surface area (Å²) < 4.78 is 56.4. The first-order valence-electron chi connectivity index (χ1n) is 6.62. The summed E-state index contributed by atoms with van der Waals surface area (Å²) in [5, 5.41) is 0. The van der Waals surface area contributed by atoms with Crippen LogP contribution in [0.1, 0.15) is 17.5 Å². The molecule has 0 amide bonds. The van der Waals surface area contributed by atoms with Gasteiger partial charge in [-0.15, -0.1) is 0 Å². The molecule has 0 radical (unpaired) electrons. The summed E-state index contributed by atoms with van der Waals surface area (Å²) in [6.07, 6.45) is -3.47. The van der Waals surface area contributed by atoms with Gasteiger partial charge in [0.15, 0.2) is 0 Å². The lowest BCUT2D eigenvalue weighted by atomic mass is 10.0. The van der Waals surface area contributed by atoms with Crippen LogP contribution >= 0.6 is 0 Å². The molecule has 1 fully saturated rings. The number of nitrogens with zero attached hydrogens (tertiary/aromatic N) is 1. The minimum atomic E-state index is -4.42. The summed E-state index contributed by atoms with van der Waals surface area (Å²) in [5.74, 6) is -0.569. The van der Waals surface area contributed by atoms with Crippen LogP contribution in [-0.4, -0.2) is 37.7 Å². The molecule has 1 aliphatic heterocycles. The normalized spacial score (nSPS) is 17.4. The van der Waals surface area contributed by atoms with Gasteiger partial charge < -0.3 is 4.74 Å². The van der Waals surface area contributed by atoms with Gasteiger partial charge in [-0.05, 0) is 43.1 Å². The summed E-state index contributed by atoms with van der Waals surface area (Å²) in [4.78, 5) is 2.18. The SMILES string of the molecule is Fc1ccc(C(F)(F)F)cc1CCCN1CCOCC1. The van der Waals surface area contributed by atoms with Crippen molar-refractivity contribution in [2.45, 2.75) is 19.0 Å². The van der Waals surface area contributed by atoms with E-state index in [1.165, 1.54) is 0 Å². The number of ether oxygens (including phenoxy) is 1. The van der Waals surface area contributed by atoms with Gasteiger partial charge in [0.2, 0.25) is 0 Å². The van der Waals surface area contributed by atoms with Gasteiger partial charge in [-0.1, -0.05) is 0 Å². The van der Waals surface area contributed by atoms with E-state index in [4.69, 9.17) is 4.74 Å². The van der Waals surface area contributed by atoms with Gasteiger partial charge in [0.1, 0.15) is 5.82 Å². The molecule has 1 heterocycles. The number of hydrogen-bond donors (Lipinski definition) is 0. The molecule has 0 saturated carbocycles. The molecule has 1 saturated heterocycles. The van der Waals surface area contributed by atoms with Crippen LogP contribution in [0.4, 0.5) is 17.6 Å². The Hall–Kier alpha value is -1.14. The topological polar surface area (TPSA) is 12.5 Å². The lowest BCUT2D eigenvalue weighted by Crippen LogP contribution is -2.36. The van der Waals surface area contributed by atoms with Gasteiger partial charge in [0.25, 0.3) is 0 Å². The average molecular weight is 291 g/mol. The first-order valence-corrected chi connectivity index (χ1v) is 6.62. The second kappa shape index (κ2) is 6.54. The van der Waals surface area contributed by atoms with Crippen LogP contribution in [0.25, 0.3) is 0 Å². The Kier molecular flexibility index (Phi) is 4.99. The molecule has 20 heavy (non-hydrogen) atoms. The highest BCUT2D eigenvalue weighted by atomic mass is 19.4. The molecule has 1 aromatic rings. The molecule has 0 spiro atoms. The monoisotopic (exact) mass is 291 g/mol. The molecule has 0 atom stereocenters. The van der Waals surface area contributed by atoms with E-state index in [1.54, 1.807) is 0 Å². The minimum Gasteiger partial charge on any atom is -0.379 e. The Morgan fingerprint density at radius 1 is 1.15 bits per heavy atom. The highest BCUT2D eigenvalue weighted by Gasteiger charge is 2.30. The quantitative estimate of drug-likeness (QED) is 0.790. The number of alkyl halides is 3. The van der Waals surface area contributed by atoms with Crippen molar-refractivity contribution in [1.82, 2.24) is 4.90 Å². The van der Waals surface area contributed by atoms with Crippen LogP contribution in [0.3, 0.4) is 0 Å². The highest BCUT2D eigenvalue weighted by molar-refractivity contribution is 5.27. The molecule has 6 heteroatoms. The van der Waals surface area contributed by atoms with Crippen LogP contribution in [0, 0.1) is 5.82 Å². The van der Waals surface area contributed by atoms with Crippen molar-refractivity contribution < 1.29 is 22.3 Å². The fraction of sp³-hybridized carbons (Fsp3) is 0.571. The molecule has 2 nitrogen and oxygen atoms in total. The second-order valence-electron chi connectivity index (χ2n) is 4.86. The Labute approximate surface area is 115 Å². The van der Waals surface area contributed by atoms with E-state index in [0.29, 0.717) is 26.1 Å². The van der Waals surface area contributed by atoms with Crippen molar-refractivity contribution in [2.24, 2.45) is 0 Å². The van der Waals surface area contributed by atoms with E-state index in [1.807, 2.05) is 0 Å². The second-order valence-corrected chi connectivity index (χ2v) is 4.86. The van der Waals surface area contributed by atoms with Gasteiger partial charge in [-0.2, -0.15) is 13.2 Å².